The fraction of sp³-hybridized carbons (Fsp3) is 0. The molecule has 0 unspecified atom stereocenters. The van der Waals surface area contributed by atoms with Crippen molar-refractivity contribution in [3.05, 3.63) is 145 Å². The van der Waals surface area contributed by atoms with Crippen LogP contribution in [0.25, 0.3) is 45.5 Å². The van der Waals surface area contributed by atoms with Crippen LogP contribution >= 0.6 is 0 Å². The maximum atomic E-state index is 2.26. The van der Waals surface area contributed by atoms with Gasteiger partial charge in [0.05, 0.1) is 0 Å². The van der Waals surface area contributed by atoms with Gasteiger partial charge in [0, 0.05) is 0 Å². The fourth-order valence-corrected chi connectivity index (χ4v) is 4.19. The first-order chi connectivity index (χ1) is 15.9. The highest BCUT2D eigenvalue weighted by Crippen LogP contribution is 2.42. The molecular weight excluding hydrogens is 384 g/mol. The highest BCUT2D eigenvalue weighted by molar-refractivity contribution is 5.99. The lowest BCUT2D eigenvalue weighted by Gasteiger charge is -2.19. The van der Waals surface area contributed by atoms with Gasteiger partial charge >= 0.3 is 0 Å². The molecule has 152 valence electrons. The molecule has 0 nitrogen and oxygen atoms in total. The molecule has 0 saturated carbocycles. The van der Waals surface area contributed by atoms with Crippen molar-refractivity contribution in [1.82, 2.24) is 0 Å². The van der Waals surface area contributed by atoms with Crippen molar-refractivity contribution in [2.75, 3.05) is 0 Å². The number of rotatable bonds is 5. The molecule has 0 aliphatic rings. The van der Waals surface area contributed by atoms with Crippen molar-refractivity contribution in [2.24, 2.45) is 0 Å². The molecule has 0 aliphatic carbocycles. The first-order valence-corrected chi connectivity index (χ1v) is 11.0. The summed E-state index contributed by atoms with van der Waals surface area (Å²) in [5, 5.41) is 0. The summed E-state index contributed by atoms with van der Waals surface area (Å²) in [6, 6.07) is 47.1. The van der Waals surface area contributed by atoms with Gasteiger partial charge in [-0.25, -0.2) is 0 Å². The average molecular weight is 409 g/mol. The highest BCUT2D eigenvalue weighted by atomic mass is 14.2. The van der Waals surface area contributed by atoms with E-state index in [2.05, 4.69) is 146 Å². The van der Waals surface area contributed by atoms with E-state index in [0.29, 0.717) is 0 Å². The molecule has 0 N–H and O–H groups in total. The lowest BCUT2D eigenvalue weighted by Crippen LogP contribution is -1.94. The van der Waals surface area contributed by atoms with Crippen LogP contribution in [-0.4, -0.2) is 0 Å². The van der Waals surface area contributed by atoms with E-state index in [4.69, 9.17) is 0 Å². The molecule has 0 radical (unpaired) electrons. The van der Waals surface area contributed by atoms with E-state index in [1.54, 1.807) is 0 Å². The molecule has 0 saturated heterocycles. The monoisotopic (exact) mass is 408 g/mol. The van der Waals surface area contributed by atoms with E-state index in [1.807, 2.05) is 0 Å². The average Bonchev–Trinajstić information content (AvgIpc) is 2.89. The molecular formula is C32H24. The first-order valence-electron chi connectivity index (χ1n) is 11.0. The summed E-state index contributed by atoms with van der Waals surface area (Å²) in [6.45, 7) is 0. The minimum absolute atomic E-state index is 1.19. The number of hydrogen-bond acceptors (Lipinski definition) is 0. The molecule has 0 heterocycles. The summed E-state index contributed by atoms with van der Waals surface area (Å²) in [5.74, 6) is 0. The van der Waals surface area contributed by atoms with E-state index >= 15 is 0 Å². The second kappa shape index (κ2) is 9.32. The first kappa shape index (κ1) is 19.8. The van der Waals surface area contributed by atoms with E-state index in [1.165, 1.54) is 44.5 Å². The summed E-state index contributed by atoms with van der Waals surface area (Å²) in [6.07, 6.45) is 4.43. The second-order valence-corrected chi connectivity index (χ2v) is 7.79. The van der Waals surface area contributed by atoms with E-state index in [9.17, 15) is 0 Å². The van der Waals surface area contributed by atoms with Crippen molar-refractivity contribution < 1.29 is 0 Å². The SMILES string of the molecule is C(=Cc1ccc(-c2ccccc2)c(-c2ccccc2)c1-c1ccccc1)c1ccccc1. The van der Waals surface area contributed by atoms with Crippen molar-refractivity contribution in [1.29, 1.82) is 0 Å². The third kappa shape index (κ3) is 4.17. The van der Waals surface area contributed by atoms with Crippen LogP contribution in [0.2, 0.25) is 0 Å². The Labute approximate surface area is 190 Å². The largest absolute Gasteiger partial charge is 0.0622 e. The van der Waals surface area contributed by atoms with E-state index in [-0.39, 0.29) is 0 Å². The summed E-state index contributed by atoms with van der Waals surface area (Å²) in [7, 11) is 0. The Morgan fingerprint density at radius 2 is 0.812 bits per heavy atom. The van der Waals surface area contributed by atoms with Crippen molar-refractivity contribution in [2.45, 2.75) is 0 Å². The van der Waals surface area contributed by atoms with Gasteiger partial charge in [-0.1, -0.05) is 146 Å². The van der Waals surface area contributed by atoms with Crippen LogP contribution < -0.4 is 0 Å². The predicted molar refractivity (Wildman–Crippen MR) is 138 cm³/mol. The normalized spacial score (nSPS) is 11.0. The van der Waals surface area contributed by atoms with Crippen molar-refractivity contribution in [3.63, 3.8) is 0 Å². The Kier molecular flexibility index (Phi) is 5.76. The quantitative estimate of drug-likeness (QED) is 0.255. The van der Waals surface area contributed by atoms with Gasteiger partial charge < -0.3 is 0 Å². The fourth-order valence-electron chi connectivity index (χ4n) is 4.19. The molecule has 5 rings (SSSR count). The van der Waals surface area contributed by atoms with Crippen LogP contribution in [0.1, 0.15) is 11.1 Å². The Bertz CT molecular complexity index is 1320. The maximum Gasteiger partial charge on any atom is -0.00208 e. The Hall–Kier alpha value is -4.16. The molecule has 5 aromatic carbocycles. The van der Waals surface area contributed by atoms with Crippen LogP contribution in [0.15, 0.2) is 133 Å². The minimum atomic E-state index is 1.19. The number of hydrogen-bond donors (Lipinski definition) is 0. The molecule has 0 spiro atoms. The standard InChI is InChI=1S/C32H24/c1-5-13-25(14-6-1)21-22-29-23-24-30(26-15-7-2-8-16-26)32(28-19-11-4-12-20-28)31(29)27-17-9-3-10-18-27/h1-24H. The Morgan fingerprint density at radius 3 is 1.38 bits per heavy atom. The van der Waals surface area contributed by atoms with Crippen LogP contribution in [0.5, 0.6) is 0 Å². The molecule has 0 aromatic heterocycles. The minimum Gasteiger partial charge on any atom is -0.0622 e. The molecule has 0 bridgehead atoms. The van der Waals surface area contributed by atoms with Gasteiger partial charge in [-0.05, 0) is 44.5 Å². The molecule has 0 amide bonds. The molecule has 32 heavy (non-hydrogen) atoms. The lowest BCUT2D eigenvalue weighted by atomic mass is 9.84. The third-order valence-electron chi connectivity index (χ3n) is 5.70. The van der Waals surface area contributed by atoms with Gasteiger partial charge in [0.2, 0.25) is 0 Å². The van der Waals surface area contributed by atoms with Crippen LogP contribution in [0.4, 0.5) is 0 Å². The van der Waals surface area contributed by atoms with Gasteiger partial charge in [-0.2, -0.15) is 0 Å². The summed E-state index contributed by atoms with van der Waals surface area (Å²) in [5.41, 5.74) is 9.83. The van der Waals surface area contributed by atoms with Crippen molar-refractivity contribution in [3.8, 4) is 33.4 Å². The summed E-state index contributed by atoms with van der Waals surface area (Å²) >= 11 is 0. The Balaban J connectivity index is 1.80. The van der Waals surface area contributed by atoms with Gasteiger partial charge in [-0.15, -0.1) is 0 Å². The smallest absolute Gasteiger partial charge is 0.00208 e. The lowest BCUT2D eigenvalue weighted by molar-refractivity contribution is 1.54. The predicted octanol–water partition coefficient (Wildman–Crippen LogP) is 8.86. The molecule has 0 fully saturated rings. The van der Waals surface area contributed by atoms with E-state index < -0.39 is 0 Å². The third-order valence-corrected chi connectivity index (χ3v) is 5.70. The highest BCUT2D eigenvalue weighted by Gasteiger charge is 2.16. The topological polar surface area (TPSA) is 0 Å². The zero-order valence-electron chi connectivity index (χ0n) is 17.9. The number of benzene rings is 5. The van der Waals surface area contributed by atoms with Crippen molar-refractivity contribution >= 4 is 12.2 Å². The van der Waals surface area contributed by atoms with Crippen LogP contribution in [0, 0.1) is 0 Å². The molecule has 0 aliphatic heterocycles. The molecule has 0 atom stereocenters. The maximum absolute atomic E-state index is 2.26. The zero-order valence-corrected chi connectivity index (χ0v) is 17.9. The van der Waals surface area contributed by atoms with Gasteiger partial charge in [0.25, 0.3) is 0 Å². The van der Waals surface area contributed by atoms with E-state index in [0.717, 1.165) is 0 Å². The zero-order chi connectivity index (χ0) is 21.6. The second-order valence-electron chi connectivity index (χ2n) is 7.79. The Morgan fingerprint density at radius 1 is 0.344 bits per heavy atom. The van der Waals surface area contributed by atoms with Crippen LogP contribution in [0.3, 0.4) is 0 Å². The van der Waals surface area contributed by atoms with Gasteiger partial charge in [0.1, 0.15) is 0 Å². The van der Waals surface area contributed by atoms with Gasteiger partial charge in [0.15, 0.2) is 0 Å². The summed E-state index contributed by atoms with van der Waals surface area (Å²) < 4.78 is 0. The molecule has 0 heteroatoms. The van der Waals surface area contributed by atoms with Crippen LogP contribution in [-0.2, 0) is 0 Å². The van der Waals surface area contributed by atoms with Gasteiger partial charge in [-0.3, -0.25) is 0 Å². The summed E-state index contributed by atoms with van der Waals surface area (Å²) in [4.78, 5) is 0. The molecule has 5 aromatic rings.